The summed E-state index contributed by atoms with van der Waals surface area (Å²) in [5.74, 6) is -0.311. The van der Waals surface area contributed by atoms with E-state index < -0.39 is 124 Å². The molecule has 1 amide bonds. The maximum Gasteiger partial charge on any atom is 0.220 e. The minimum absolute atomic E-state index is 0.207. The molecule has 430 valence electrons. The third kappa shape index (κ3) is 24.3. The number of rotatable bonds is 37. The van der Waals surface area contributed by atoms with E-state index in [0.29, 0.717) is 6.42 Å². The second-order valence-electron chi connectivity index (χ2n) is 19.3. The molecule has 17 atom stereocenters. The highest BCUT2D eigenvalue weighted by Crippen LogP contribution is 2.33. The van der Waals surface area contributed by atoms with Crippen LogP contribution in [0.3, 0.4) is 0 Å². The van der Waals surface area contributed by atoms with E-state index in [-0.39, 0.29) is 18.9 Å². The van der Waals surface area contributed by atoms with E-state index >= 15 is 0 Å². The second-order valence-corrected chi connectivity index (χ2v) is 19.3. The third-order valence-electron chi connectivity index (χ3n) is 13.2. The van der Waals surface area contributed by atoms with Gasteiger partial charge in [-0.05, 0) is 70.6 Å². The smallest absolute Gasteiger partial charge is 0.220 e. The molecule has 0 spiro atoms. The Balaban J connectivity index is 1.47. The van der Waals surface area contributed by atoms with Gasteiger partial charge in [0.15, 0.2) is 18.9 Å². The van der Waals surface area contributed by atoms with Crippen LogP contribution in [0.4, 0.5) is 0 Å². The minimum atomic E-state index is -1.98. The van der Waals surface area contributed by atoms with Gasteiger partial charge in [0.25, 0.3) is 0 Å². The summed E-state index contributed by atoms with van der Waals surface area (Å²) >= 11 is 0. The van der Waals surface area contributed by atoms with Crippen LogP contribution in [0.2, 0.25) is 0 Å². The molecule has 3 aliphatic rings. The van der Waals surface area contributed by atoms with Crippen LogP contribution >= 0.6 is 0 Å². The predicted molar refractivity (Wildman–Crippen MR) is 281 cm³/mol. The van der Waals surface area contributed by atoms with Crippen LogP contribution < -0.4 is 5.32 Å². The van der Waals surface area contributed by atoms with Crippen LogP contribution in [0.5, 0.6) is 0 Å². The van der Waals surface area contributed by atoms with E-state index in [1.807, 2.05) is 6.08 Å². The predicted octanol–water partition coefficient (Wildman–Crippen LogP) is 3.25. The monoisotopic (exact) mass is 1070 g/mol. The van der Waals surface area contributed by atoms with Gasteiger partial charge in [0, 0.05) is 6.42 Å². The minimum Gasteiger partial charge on any atom is -0.394 e. The zero-order valence-corrected chi connectivity index (χ0v) is 44.2. The number of aliphatic hydroxyl groups is 11. The van der Waals surface area contributed by atoms with Crippen molar-refractivity contribution in [2.24, 2.45) is 0 Å². The first-order valence-corrected chi connectivity index (χ1v) is 27.3. The standard InChI is InChI=1S/C56H93NO18/c1-3-5-7-9-11-12-13-14-15-16-17-18-19-20-21-22-23-24-25-26-28-30-32-34-44(62)57-39(40(61)33-31-29-27-10-8-6-4-2)38-70-54-50(68)47(65)52(42(36-59)72-54)75-56-51(69)48(66)53(43(37-60)73-56)74-55-49(67)46(64)45(63)41(35-58)71-55/h5,7,11-12,14-15,17-18,20-21,23-24,31,33,39-43,45-56,58-61,63-69H,3-4,6,8-10,13,16,19,22,25-30,32,34-38H2,1-2H3,(H,57,62)/b7-5-,12-11-,15-14-,18-17-,21-20-,24-23-,33-31+. The number of ether oxygens (including phenoxy) is 6. The summed E-state index contributed by atoms with van der Waals surface area (Å²) in [5, 5.41) is 119. The molecule has 17 unspecified atom stereocenters. The fourth-order valence-corrected chi connectivity index (χ4v) is 8.66. The third-order valence-corrected chi connectivity index (χ3v) is 13.2. The van der Waals surface area contributed by atoms with Gasteiger partial charge in [-0.15, -0.1) is 0 Å². The first-order valence-electron chi connectivity index (χ1n) is 27.3. The normalized spacial score (nSPS) is 31.9. The summed E-state index contributed by atoms with van der Waals surface area (Å²) < 4.78 is 34.0. The average Bonchev–Trinajstić information content (AvgIpc) is 3.41. The van der Waals surface area contributed by atoms with Crippen molar-refractivity contribution in [1.82, 2.24) is 5.32 Å². The van der Waals surface area contributed by atoms with E-state index in [0.717, 1.165) is 103 Å². The lowest BCUT2D eigenvalue weighted by molar-refractivity contribution is -0.379. The number of unbranched alkanes of at least 4 members (excludes halogenated alkanes) is 9. The molecule has 0 aromatic heterocycles. The number of carbonyl (C=O) groups is 1. The van der Waals surface area contributed by atoms with Gasteiger partial charge in [-0.2, -0.15) is 0 Å². The van der Waals surface area contributed by atoms with E-state index in [1.165, 1.54) is 0 Å². The molecule has 19 heteroatoms. The zero-order valence-electron chi connectivity index (χ0n) is 44.2. The largest absolute Gasteiger partial charge is 0.394 e. The molecule has 0 aromatic rings. The van der Waals surface area contributed by atoms with Crippen LogP contribution in [0.15, 0.2) is 85.1 Å². The summed E-state index contributed by atoms with van der Waals surface area (Å²) in [6, 6.07) is -0.989. The van der Waals surface area contributed by atoms with Crippen LogP contribution in [0.1, 0.15) is 129 Å². The van der Waals surface area contributed by atoms with Gasteiger partial charge in [-0.1, -0.05) is 137 Å². The fraction of sp³-hybridized carbons (Fsp3) is 0.732. The lowest BCUT2D eigenvalue weighted by Crippen LogP contribution is -2.66. The Morgan fingerprint density at radius 3 is 1.43 bits per heavy atom. The molecule has 0 saturated carbocycles. The first kappa shape index (κ1) is 66.3. The molecule has 75 heavy (non-hydrogen) atoms. The highest BCUT2D eigenvalue weighted by atomic mass is 16.8. The van der Waals surface area contributed by atoms with Crippen molar-refractivity contribution < 1.29 is 89.4 Å². The summed E-state index contributed by atoms with van der Waals surface area (Å²) in [6.07, 6.45) is 19.0. The Kier molecular flexibility index (Phi) is 34.8. The number of aliphatic hydroxyl groups excluding tert-OH is 11. The van der Waals surface area contributed by atoms with Crippen molar-refractivity contribution in [2.75, 3.05) is 26.4 Å². The topological polar surface area (TPSA) is 307 Å². The number of amides is 1. The van der Waals surface area contributed by atoms with Gasteiger partial charge in [-0.25, -0.2) is 0 Å². The van der Waals surface area contributed by atoms with Crippen molar-refractivity contribution in [3.63, 3.8) is 0 Å². The maximum absolute atomic E-state index is 13.2. The number of hydrogen-bond acceptors (Lipinski definition) is 18. The van der Waals surface area contributed by atoms with E-state index in [2.05, 4.69) is 92.1 Å². The highest BCUT2D eigenvalue weighted by Gasteiger charge is 2.53. The van der Waals surface area contributed by atoms with Crippen LogP contribution in [-0.4, -0.2) is 193 Å². The molecule has 0 bridgehead atoms. The number of hydrogen-bond donors (Lipinski definition) is 12. The van der Waals surface area contributed by atoms with Crippen LogP contribution in [-0.2, 0) is 33.2 Å². The Hall–Kier alpha value is -3.03. The Labute approximate surface area is 444 Å². The van der Waals surface area contributed by atoms with Gasteiger partial charge in [-0.3, -0.25) is 4.79 Å². The molecule has 3 rings (SSSR count). The summed E-state index contributed by atoms with van der Waals surface area (Å²) in [5.41, 5.74) is 0. The van der Waals surface area contributed by atoms with Crippen molar-refractivity contribution in [3.8, 4) is 0 Å². The summed E-state index contributed by atoms with van der Waals surface area (Å²) in [7, 11) is 0. The average molecular weight is 1070 g/mol. The molecule has 0 aliphatic carbocycles. The molecule has 0 aromatic carbocycles. The van der Waals surface area contributed by atoms with Gasteiger partial charge in [0.05, 0.1) is 38.6 Å². The second kappa shape index (κ2) is 39.3. The molecule has 3 heterocycles. The van der Waals surface area contributed by atoms with Crippen LogP contribution in [0, 0.1) is 0 Å². The van der Waals surface area contributed by atoms with Crippen molar-refractivity contribution in [3.05, 3.63) is 85.1 Å². The van der Waals surface area contributed by atoms with Crippen molar-refractivity contribution in [2.45, 2.75) is 234 Å². The van der Waals surface area contributed by atoms with Gasteiger partial charge < -0.3 is 89.9 Å². The van der Waals surface area contributed by atoms with Gasteiger partial charge >= 0.3 is 0 Å². The molecular weight excluding hydrogens is 975 g/mol. The highest BCUT2D eigenvalue weighted by molar-refractivity contribution is 5.76. The molecule has 3 aliphatic heterocycles. The lowest BCUT2D eigenvalue weighted by atomic mass is 9.96. The Morgan fingerprint density at radius 1 is 0.493 bits per heavy atom. The zero-order chi connectivity index (χ0) is 54.8. The van der Waals surface area contributed by atoms with E-state index in [4.69, 9.17) is 28.4 Å². The Morgan fingerprint density at radius 2 is 0.920 bits per heavy atom. The SMILES string of the molecule is CC/C=C\C/C=C\C/C=C\C/C=C\C/C=C\C/C=C\CCCCCCC(=O)NC(COC1OC(CO)C(OC2OC(CO)C(OC3OC(CO)C(O)C(O)C3O)C(O)C2O)C(O)C1O)C(O)/C=C/CCCCCCC. The summed E-state index contributed by atoms with van der Waals surface area (Å²) in [6.45, 7) is 1.47. The van der Waals surface area contributed by atoms with E-state index in [1.54, 1.807) is 6.08 Å². The molecule has 3 saturated heterocycles. The number of carbonyl (C=O) groups excluding carboxylic acids is 1. The number of allylic oxidation sites excluding steroid dienone is 13. The lowest BCUT2D eigenvalue weighted by Gasteiger charge is -2.48. The molecule has 0 radical (unpaired) electrons. The van der Waals surface area contributed by atoms with Crippen molar-refractivity contribution >= 4 is 5.91 Å². The first-order chi connectivity index (χ1) is 36.3. The molecular formula is C56H93NO18. The van der Waals surface area contributed by atoms with Crippen molar-refractivity contribution in [1.29, 1.82) is 0 Å². The summed E-state index contributed by atoms with van der Waals surface area (Å²) in [4.78, 5) is 13.2. The Bertz CT molecular complexity index is 1700. The number of nitrogens with one attached hydrogen (secondary N) is 1. The van der Waals surface area contributed by atoms with E-state index in [9.17, 15) is 61.0 Å². The molecule has 3 fully saturated rings. The quantitative estimate of drug-likeness (QED) is 0.0314. The van der Waals surface area contributed by atoms with Crippen LogP contribution in [0.25, 0.3) is 0 Å². The molecule has 19 nitrogen and oxygen atoms in total. The fourth-order valence-electron chi connectivity index (χ4n) is 8.66. The molecule has 12 N–H and O–H groups in total. The maximum atomic E-state index is 13.2. The van der Waals surface area contributed by atoms with Gasteiger partial charge in [0.1, 0.15) is 73.2 Å². The van der Waals surface area contributed by atoms with Gasteiger partial charge in [0.2, 0.25) is 5.91 Å².